The number of likely N-dealkylation sites (tertiary alicyclic amines) is 1. The number of carbonyl (C=O) groups excluding carboxylic acids is 1. The fourth-order valence-electron chi connectivity index (χ4n) is 5.36. The van der Waals surface area contributed by atoms with Crippen LogP contribution < -0.4 is 15.5 Å². The van der Waals surface area contributed by atoms with Gasteiger partial charge in [0.1, 0.15) is 4.83 Å². The van der Waals surface area contributed by atoms with E-state index in [1.807, 2.05) is 54.6 Å². The van der Waals surface area contributed by atoms with Gasteiger partial charge in [-0.3, -0.25) is 4.90 Å². The molecule has 0 radical (unpaired) electrons. The van der Waals surface area contributed by atoms with Crippen LogP contribution in [0.2, 0.25) is 5.02 Å². The maximum atomic E-state index is 13.6. The van der Waals surface area contributed by atoms with Crippen LogP contribution >= 0.6 is 22.9 Å². The number of allylic oxidation sites excluding steroid dienone is 1. The van der Waals surface area contributed by atoms with E-state index in [1.165, 1.54) is 11.3 Å². The molecule has 2 aliphatic rings. The minimum absolute atomic E-state index is 0.219. The summed E-state index contributed by atoms with van der Waals surface area (Å²) in [5.41, 5.74) is 5.85. The van der Waals surface area contributed by atoms with E-state index >= 15 is 0 Å². The fraction of sp³-hybridized carbons (Fsp3) is 0.161. The van der Waals surface area contributed by atoms with Crippen molar-refractivity contribution in [3.63, 3.8) is 0 Å². The first kappa shape index (κ1) is 25.2. The van der Waals surface area contributed by atoms with E-state index in [1.54, 1.807) is 17.2 Å². The van der Waals surface area contributed by atoms with Gasteiger partial charge in [0, 0.05) is 47.3 Å². The molecule has 1 saturated heterocycles. The molecule has 6 nitrogen and oxygen atoms in total. The number of piperidine rings is 1. The summed E-state index contributed by atoms with van der Waals surface area (Å²) in [6, 6.07) is 17.4. The number of hydrogen-bond donors (Lipinski definition) is 2. The van der Waals surface area contributed by atoms with Crippen LogP contribution in [-0.4, -0.2) is 35.0 Å². The van der Waals surface area contributed by atoms with Gasteiger partial charge in [-0.1, -0.05) is 61.7 Å². The number of urea groups is 1. The van der Waals surface area contributed by atoms with Gasteiger partial charge in [-0.25, -0.2) is 9.78 Å². The van der Waals surface area contributed by atoms with Crippen molar-refractivity contribution in [2.24, 2.45) is 0 Å². The molecule has 0 saturated carbocycles. The molecule has 0 unspecified atom stereocenters. The van der Waals surface area contributed by atoms with Crippen LogP contribution in [0.1, 0.15) is 17.7 Å². The standard InChI is InChI=1S/C31H28ClN5OS/c1-4-19(2)36-16-8-10-22(18-36)34-20(3)29-28-27-26(14-15-33-30(27)39-29)37(31(38)35-28)23-11-7-9-21(17-23)24-12-5-6-13-25(24)32/h4-7,9,11-15,17,22,34H,1-3,8,10,16,18H2,(H,35,38)/t22-/m1/s1. The summed E-state index contributed by atoms with van der Waals surface area (Å²) in [7, 11) is 0. The second kappa shape index (κ2) is 10.2. The van der Waals surface area contributed by atoms with Crippen molar-refractivity contribution in [2.45, 2.75) is 18.9 Å². The molecule has 0 spiro atoms. The number of aromatic nitrogens is 1. The van der Waals surface area contributed by atoms with E-state index in [0.29, 0.717) is 5.02 Å². The first-order valence-electron chi connectivity index (χ1n) is 12.8. The number of rotatable bonds is 7. The summed E-state index contributed by atoms with van der Waals surface area (Å²) in [6.45, 7) is 14.1. The number of anilines is 3. The van der Waals surface area contributed by atoms with Crippen molar-refractivity contribution in [1.82, 2.24) is 15.2 Å². The quantitative estimate of drug-likeness (QED) is 0.227. The summed E-state index contributed by atoms with van der Waals surface area (Å²) in [6.07, 6.45) is 5.64. The molecule has 196 valence electrons. The Labute approximate surface area is 236 Å². The third-order valence-corrected chi connectivity index (χ3v) is 8.74. The zero-order valence-electron chi connectivity index (χ0n) is 21.4. The third-order valence-electron chi connectivity index (χ3n) is 7.25. The minimum atomic E-state index is -0.232. The van der Waals surface area contributed by atoms with E-state index in [9.17, 15) is 4.79 Å². The zero-order chi connectivity index (χ0) is 27.1. The molecular weight excluding hydrogens is 526 g/mol. The van der Waals surface area contributed by atoms with Gasteiger partial charge in [0.2, 0.25) is 0 Å². The van der Waals surface area contributed by atoms with Gasteiger partial charge in [0.15, 0.2) is 0 Å². The number of thiophene rings is 1. The number of pyridine rings is 1. The van der Waals surface area contributed by atoms with Crippen LogP contribution in [0, 0.1) is 0 Å². The van der Waals surface area contributed by atoms with Crippen molar-refractivity contribution in [2.75, 3.05) is 23.3 Å². The van der Waals surface area contributed by atoms with Crippen molar-refractivity contribution in [1.29, 1.82) is 0 Å². The maximum Gasteiger partial charge on any atom is 0.331 e. The Morgan fingerprint density at radius 2 is 2.03 bits per heavy atom. The number of amides is 2. The summed E-state index contributed by atoms with van der Waals surface area (Å²) in [4.78, 5) is 23.9. The molecule has 0 bridgehead atoms. The normalized spacial score (nSPS) is 16.6. The largest absolute Gasteiger partial charge is 0.380 e. The van der Waals surface area contributed by atoms with Crippen molar-refractivity contribution >= 4 is 61.9 Å². The van der Waals surface area contributed by atoms with E-state index < -0.39 is 0 Å². The van der Waals surface area contributed by atoms with Crippen molar-refractivity contribution in [3.05, 3.63) is 102 Å². The Morgan fingerprint density at radius 3 is 2.85 bits per heavy atom. The van der Waals surface area contributed by atoms with Gasteiger partial charge in [0.25, 0.3) is 0 Å². The molecule has 8 heteroatoms. The minimum Gasteiger partial charge on any atom is -0.380 e. The van der Waals surface area contributed by atoms with Crippen molar-refractivity contribution < 1.29 is 4.79 Å². The third kappa shape index (κ3) is 4.58. The van der Waals surface area contributed by atoms with Gasteiger partial charge in [-0.05, 0) is 48.7 Å². The molecular formula is C31H28ClN5OS. The van der Waals surface area contributed by atoms with Crippen molar-refractivity contribution in [3.8, 4) is 11.1 Å². The number of hydrogen-bond acceptors (Lipinski definition) is 5. The van der Waals surface area contributed by atoms with Gasteiger partial charge < -0.3 is 15.5 Å². The van der Waals surface area contributed by atoms with E-state index in [0.717, 1.165) is 80.6 Å². The van der Waals surface area contributed by atoms with E-state index in [4.69, 9.17) is 11.6 Å². The summed E-state index contributed by atoms with van der Waals surface area (Å²) >= 11 is 8.00. The van der Waals surface area contributed by atoms with Crippen LogP contribution in [0.3, 0.4) is 0 Å². The molecule has 6 rings (SSSR count). The van der Waals surface area contributed by atoms with Crippen LogP contribution in [0.4, 0.5) is 21.9 Å². The summed E-state index contributed by atoms with van der Waals surface area (Å²) in [5, 5.41) is 8.32. The first-order chi connectivity index (χ1) is 18.9. The Kier molecular flexibility index (Phi) is 6.62. The second-order valence-electron chi connectivity index (χ2n) is 9.72. The van der Waals surface area contributed by atoms with Crippen LogP contribution in [0.25, 0.3) is 27.0 Å². The second-order valence-corrected chi connectivity index (χ2v) is 11.1. The highest BCUT2D eigenvalue weighted by atomic mass is 35.5. The summed E-state index contributed by atoms with van der Waals surface area (Å²) in [5.74, 6) is 0. The smallest absolute Gasteiger partial charge is 0.331 e. The van der Waals surface area contributed by atoms with Gasteiger partial charge in [-0.15, -0.1) is 11.3 Å². The first-order valence-corrected chi connectivity index (χ1v) is 14.0. The SMILES string of the molecule is C=CC(=C)N1CCC[C@@H](NC(=C)c2sc3nccc4c3c2NC(=O)N4c2cccc(-c3ccccc3Cl)c2)C1. The average molecular weight is 554 g/mol. The fourth-order valence-corrected chi connectivity index (χ4v) is 6.66. The van der Waals surface area contributed by atoms with Gasteiger partial charge >= 0.3 is 6.03 Å². The predicted molar refractivity (Wildman–Crippen MR) is 164 cm³/mol. The average Bonchev–Trinajstić information content (AvgIpc) is 3.32. The Bertz CT molecular complexity index is 1640. The Balaban J connectivity index is 1.34. The number of carbonyl (C=O) groups is 1. The lowest BCUT2D eigenvalue weighted by atomic mass is 10.0. The lowest BCUT2D eigenvalue weighted by Gasteiger charge is -2.36. The highest BCUT2D eigenvalue weighted by molar-refractivity contribution is 7.20. The molecule has 1 atom stereocenters. The summed E-state index contributed by atoms with van der Waals surface area (Å²) < 4.78 is 0. The molecule has 1 fully saturated rings. The number of nitrogens with one attached hydrogen (secondary N) is 2. The zero-order valence-corrected chi connectivity index (χ0v) is 23.0. The lowest BCUT2D eigenvalue weighted by Crippen LogP contribution is -2.44. The van der Waals surface area contributed by atoms with Gasteiger partial charge in [0.05, 0.1) is 27.3 Å². The predicted octanol–water partition coefficient (Wildman–Crippen LogP) is 8.02. The molecule has 0 aliphatic carbocycles. The topological polar surface area (TPSA) is 60.5 Å². The number of nitrogens with zero attached hydrogens (tertiary/aromatic N) is 3. The van der Waals surface area contributed by atoms with E-state index in [-0.39, 0.29) is 12.1 Å². The highest BCUT2D eigenvalue weighted by Crippen LogP contribution is 2.47. The molecule has 2 aromatic carbocycles. The number of benzene rings is 2. The van der Waals surface area contributed by atoms with Crippen LogP contribution in [0.15, 0.2) is 92.3 Å². The molecule has 2 aliphatic heterocycles. The highest BCUT2D eigenvalue weighted by Gasteiger charge is 2.32. The lowest BCUT2D eigenvalue weighted by molar-refractivity contribution is 0.254. The number of halogens is 1. The van der Waals surface area contributed by atoms with Crippen LogP contribution in [-0.2, 0) is 0 Å². The molecule has 2 aromatic heterocycles. The van der Waals surface area contributed by atoms with E-state index in [2.05, 4.69) is 40.3 Å². The van der Waals surface area contributed by atoms with Gasteiger partial charge in [-0.2, -0.15) is 0 Å². The molecule has 39 heavy (non-hydrogen) atoms. The molecule has 2 N–H and O–H groups in total. The Morgan fingerprint density at radius 1 is 1.18 bits per heavy atom. The monoisotopic (exact) mass is 553 g/mol. The molecule has 4 heterocycles. The Hall–Kier alpha value is -4.07. The molecule has 2 amide bonds. The molecule has 4 aromatic rings. The van der Waals surface area contributed by atoms with Crippen LogP contribution in [0.5, 0.6) is 0 Å². The maximum absolute atomic E-state index is 13.6.